The first kappa shape index (κ1) is 12.8. The van der Waals surface area contributed by atoms with Gasteiger partial charge in [0.25, 0.3) is 0 Å². The van der Waals surface area contributed by atoms with Crippen molar-refractivity contribution in [3.63, 3.8) is 0 Å². The van der Waals surface area contributed by atoms with E-state index < -0.39 is 5.60 Å². The molecule has 0 atom stereocenters. The minimum atomic E-state index is -0.767. The van der Waals surface area contributed by atoms with Crippen molar-refractivity contribution in [2.24, 2.45) is 0 Å². The average molecular weight is 247 g/mol. The Kier molecular flexibility index (Phi) is 3.80. The van der Waals surface area contributed by atoms with Crippen LogP contribution in [0.3, 0.4) is 0 Å². The number of hydrogen-bond donors (Lipinski definition) is 2. The van der Waals surface area contributed by atoms with Crippen LogP contribution in [0.2, 0.25) is 0 Å². The zero-order chi connectivity index (χ0) is 13.0. The number of rotatable bonds is 3. The molecule has 0 spiro atoms. The minimum Gasteiger partial charge on any atom is -0.388 e. The molecular formula is C13H17N3O2. The first-order valence-corrected chi connectivity index (χ1v) is 6.05. The molecule has 2 heterocycles. The van der Waals surface area contributed by atoms with Crippen molar-refractivity contribution in [1.29, 1.82) is 5.26 Å². The largest absolute Gasteiger partial charge is 0.388 e. The summed E-state index contributed by atoms with van der Waals surface area (Å²) in [6.07, 6.45) is 1.21. The molecule has 5 heteroatoms. The van der Waals surface area contributed by atoms with Crippen molar-refractivity contribution >= 4 is 5.82 Å². The summed E-state index contributed by atoms with van der Waals surface area (Å²) in [6.45, 7) is 3.41. The van der Waals surface area contributed by atoms with E-state index in [9.17, 15) is 5.11 Å². The summed E-state index contributed by atoms with van der Waals surface area (Å²) in [5, 5.41) is 22.4. The molecular weight excluding hydrogens is 230 g/mol. The molecule has 0 bridgehead atoms. The summed E-state index contributed by atoms with van der Waals surface area (Å²) >= 11 is 0. The second-order valence-electron chi connectivity index (χ2n) is 4.65. The highest BCUT2D eigenvalue weighted by Crippen LogP contribution is 2.21. The number of hydrogen-bond acceptors (Lipinski definition) is 5. The zero-order valence-corrected chi connectivity index (χ0v) is 10.4. The maximum absolute atomic E-state index is 10.3. The van der Waals surface area contributed by atoms with Crippen LogP contribution in [0.4, 0.5) is 5.82 Å². The monoisotopic (exact) mass is 247 g/mol. The summed E-state index contributed by atoms with van der Waals surface area (Å²) in [5.41, 5.74) is 0.572. The van der Waals surface area contributed by atoms with E-state index in [1.54, 1.807) is 12.1 Å². The molecule has 2 N–H and O–H groups in total. The highest BCUT2D eigenvalue weighted by molar-refractivity contribution is 5.52. The normalized spacial score (nSPS) is 18.1. The van der Waals surface area contributed by atoms with Crippen LogP contribution in [-0.4, -0.2) is 35.5 Å². The van der Waals surface area contributed by atoms with Gasteiger partial charge in [0.05, 0.1) is 11.2 Å². The number of aromatic nitrogens is 1. The third kappa shape index (κ3) is 2.97. The van der Waals surface area contributed by atoms with Gasteiger partial charge in [-0.05, 0) is 19.1 Å². The molecule has 0 saturated carbocycles. The highest BCUT2D eigenvalue weighted by atomic mass is 16.5. The Balaban J connectivity index is 2.05. The van der Waals surface area contributed by atoms with Gasteiger partial charge < -0.3 is 15.2 Å². The van der Waals surface area contributed by atoms with Gasteiger partial charge in [-0.25, -0.2) is 4.98 Å². The van der Waals surface area contributed by atoms with Gasteiger partial charge in [0.15, 0.2) is 0 Å². The standard InChI is InChI=1S/C13H17N3O2/c1-10-2-3-11(8-14)12(16-10)15-9-13(17)4-6-18-7-5-13/h2-3,17H,4-7,9H2,1H3,(H,15,16). The van der Waals surface area contributed by atoms with Gasteiger partial charge in [0.2, 0.25) is 0 Å². The third-order valence-corrected chi connectivity index (χ3v) is 3.16. The molecule has 18 heavy (non-hydrogen) atoms. The van der Waals surface area contributed by atoms with E-state index >= 15 is 0 Å². The molecule has 0 aliphatic carbocycles. The maximum atomic E-state index is 10.3. The number of aliphatic hydroxyl groups is 1. The van der Waals surface area contributed by atoms with Crippen molar-refractivity contribution in [1.82, 2.24) is 4.98 Å². The first-order chi connectivity index (χ1) is 8.63. The summed E-state index contributed by atoms with van der Waals surface area (Å²) in [5.74, 6) is 0.539. The van der Waals surface area contributed by atoms with Crippen LogP contribution in [0.5, 0.6) is 0 Å². The fraction of sp³-hybridized carbons (Fsp3) is 0.538. The molecule has 1 saturated heterocycles. The number of anilines is 1. The number of nitriles is 1. The summed E-state index contributed by atoms with van der Waals surface area (Å²) in [7, 11) is 0. The van der Waals surface area contributed by atoms with E-state index in [4.69, 9.17) is 10.00 Å². The zero-order valence-electron chi connectivity index (χ0n) is 10.4. The molecule has 96 valence electrons. The quantitative estimate of drug-likeness (QED) is 0.839. The number of aryl methyl sites for hydroxylation is 1. The van der Waals surface area contributed by atoms with Gasteiger partial charge in [-0.15, -0.1) is 0 Å². The minimum absolute atomic E-state index is 0.390. The average Bonchev–Trinajstić information content (AvgIpc) is 2.38. The van der Waals surface area contributed by atoms with Crippen LogP contribution >= 0.6 is 0 Å². The third-order valence-electron chi connectivity index (χ3n) is 3.16. The molecule has 5 nitrogen and oxygen atoms in total. The van der Waals surface area contributed by atoms with E-state index in [0.717, 1.165) is 5.69 Å². The fourth-order valence-electron chi connectivity index (χ4n) is 1.96. The van der Waals surface area contributed by atoms with E-state index in [-0.39, 0.29) is 0 Å². The summed E-state index contributed by atoms with van der Waals surface area (Å²) in [4.78, 5) is 4.28. The lowest BCUT2D eigenvalue weighted by Gasteiger charge is -2.32. The predicted octanol–water partition coefficient (Wildman–Crippen LogP) is 1.22. The van der Waals surface area contributed by atoms with Crippen LogP contribution in [0.25, 0.3) is 0 Å². The van der Waals surface area contributed by atoms with Gasteiger partial charge in [0.1, 0.15) is 11.9 Å². The summed E-state index contributed by atoms with van der Waals surface area (Å²) < 4.78 is 5.23. The molecule has 0 radical (unpaired) electrons. The molecule has 1 fully saturated rings. The second kappa shape index (κ2) is 5.34. The van der Waals surface area contributed by atoms with Crippen molar-refractivity contribution in [2.75, 3.05) is 25.1 Å². The van der Waals surface area contributed by atoms with E-state index in [0.29, 0.717) is 44.0 Å². The fourth-order valence-corrected chi connectivity index (χ4v) is 1.96. The van der Waals surface area contributed by atoms with Crippen LogP contribution in [-0.2, 0) is 4.74 Å². The molecule has 1 aromatic heterocycles. The molecule has 0 unspecified atom stereocenters. The van der Waals surface area contributed by atoms with Crippen LogP contribution in [0.15, 0.2) is 12.1 Å². The van der Waals surface area contributed by atoms with Crippen molar-refractivity contribution in [3.8, 4) is 6.07 Å². The molecule has 1 aromatic rings. The molecule has 1 aliphatic rings. The number of nitrogens with one attached hydrogen (secondary N) is 1. The van der Waals surface area contributed by atoms with Crippen molar-refractivity contribution in [2.45, 2.75) is 25.4 Å². The van der Waals surface area contributed by atoms with Crippen LogP contribution < -0.4 is 5.32 Å². The Morgan fingerprint density at radius 1 is 1.50 bits per heavy atom. The van der Waals surface area contributed by atoms with Crippen LogP contribution in [0, 0.1) is 18.3 Å². The molecule has 1 aliphatic heterocycles. The van der Waals surface area contributed by atoms with E-state index in [2.05, 4.69) is 16.4 Å². The maximum Gasteiger partial charge on any atom is 0.144 e. The lowest BCUT2D eigenvalue weighted by Crippen LogP contribution is -2.42. The topological polar surface area (TPSA) is 78.2 Å². The predicted molar refractivity (Wildman–Crippen MR) is 67.2 cm³/mol. The highest BCUT2D eigenvalue weighted by Gasteiger charge is 2.29. The Labute approximate surface area is 106 Å². The number of ether oxygens (including phenoxy) is 1. The molecule has 2 rings (SSSR count). The van der Waals surface area contributed by atoms with Crippen molar-refractivity contribution in [3.05, 3.63) is 23.4 Å². The Hall–Kier alpha value is -1.64. The number of nitrogens with zero attached hydrogens (tertiary/aromatic N) is 2. The first-order valence-electron chi connectivity index (χ1n) is 6.05. The van der Waals surface area contributed by atoms with Gasteiger partial charge in [-0.3, -0.25) is 0 Å². The van der Waals surface area contributed by atoms with Crippen LogP contribution in [0.1, 0.15) is 24.1 Å². The summed E-state index contributed by atoms with van der Waals surface area (Å²) in [6, 6.07) is 5.63. The lowest BCUT2D eigenvalue weighted by molar-refractivity contribution is -0.0543. The lowest BCUT2D eigenvalue weighted by atomic mass is 9.94. The molecule has 0 amide bonds. The van der Waals surface area contributed by atoms with Gasteiger partial charge in [-0.1, -0.05) is 0 Å². The smallest absolute Gasteiger partial charge is 0.144 e. The van der Waals surface area contributed by atoms with Gasteiger partial charge >= 0.3 is 0 Å². The molecule has 0 aromatic carbocycles. The van der Waals surface area contributed by atoms with E-state index in [1.807, 2.05) is 6.92 Å². The Bertz CT molecular complexity index is 462. The Morgan fingerprint density at radius 2 is 2.22 bits per heavy atom. The van der Waals surface area contributed by atoms with E-state index in [1.165, 1.54) is 0 Å². The second-order valence-corrected chi connectivity index (χ2v) is 4.65. The van der Waals surface area contributed by atoms with Crippen molar-refractivity contribution < 1.29 is 9.84 Å². The number of pyridine rings is 1. The SMILES string of the molecule is Cc1ccc(C#N)c(NCC2(O)CCOCC2)n1. The van der Waals surface area contributed by atoms with Gasteiger partial charge in [-0.2, -0.15) is 5.26 Å². The Morgan fingerprint density at radius 3 is 2.89 bits per heavy atom. The van der Waals surface area contributed by atoms with Gasteiger partial charge in [0, 0.05) is 38.3 Å².